The summed E-state index contributed by atoms with van der Waals surface area (Å²) in [6.45, 7) is 5.72. The summed E-state index contributed by atoms with van der Waals surface area (Å²) in [7, 11) is 0. The number of rotatable bonds is 1. The molecule has 90 valence electrons. The van der Waals surface area contributed by atoms with Crippen molar-refractivity contribution in [3.63, 3.8) is 0 Å². The molecule has 0 saturated heterocycles. The predicted molar refractivity (Wildman–Crippen MR) is 66.4 cm³/mol. The smallest absolute Gasteiger partial charge is 0.248 e. The number of pyridine rings is 1. The van der Waals surface area contributed by atoms with Crippen molar-refractivity contribution in [1.82, 2.24) is 9.99 Å². The van der Waals surface area contributed by atoms with E-state index in [1.807, 2.05) is 32.9 Å². The SMILES string of the molecule is CC(C)(C)C(=O)N1N=CC[C@H]1c1cccnc1. The third-order valence-corrected chi connectivity index (χ3v) is 2.75. The quantitative estimate of drug-likeness (QED) is 0.745. The summed E-state index contributed by atoms with van der Waals surface area (Å²) in [5.41, 5.74) is 0.616. The Hall–Kier alpha value is -1.71. The standard InChI is InChI=1S/C13H17N3O/c1-13(2,3)12(17)16-11(6-8-15-16)10-5-4-7-14-9-10/h4-5,7-9,11H,6H2,1-3H3/t11-/m0/s1. The van der Waals surface area contributed by atoms with E-state index >= 15 is 0 Å². The van der Waals surface area contributed by atoms with Crippen LogP contribution in [-0.4, -0.2) is 22.1 Å². The summed E-state index contributed by atoms with van der Waals surface area (Å²) in [5, 5.41) is 5.77. The Morgan fingerprint density at radius 3 is 2.82 bits per heavy atom. The minimum Gasteiger partial charge on any atom is -0.272 e. The molecule has 2 rings (SSSR count). The second kappa shape index (κ2) is 4.28. The number of hydrazone groups is 1. The topological polar surface area (TPSA) is 45.6 Å². The summed E-state index contributed by atoms with van der Waals surface area (Å²) in [4.78, 5) is 16.3. The maximum absolute atomic E-state index is 12.2. The summed E-state index contributed by atoms with van der Waals surface area (Å²) >= 11 is 0. The van der Waals surface area contributed by atoms with Gasteiger partial charge in [0, 0.05) is 30.4 Å². The van der Waals surface area contributed by atoms with Crippen LogP contribution in [0.15, 0.2) is 29.6 Å². The Kier molecular flexibility index (Phi) is 2.96. The van der Waals surface area contributed by atoms with Crippen molar-refractivity contribution in [1.29, 1.82) is 0 Å². The Morgan fingerprint density at radius 1 is 1.47 bits per heavy atom. The van der Waals surface area contributed by atoms with Gasteiger partial charge in [0.1, 0.15) is 0 Å². The zero-order chi connectivity index (χ0) is 12.5. The fourth-order valence-electron chi connectivity index (χ4n) is 1.80. The largest absolute Gasteiger partial charge is 0.272 e. The molecule has 0 unspecified atom stereocenters. The van der Waals surface area contributed by atoms with Gasteiger partial charge in [-0.1, -0.05) is 26.8 Å². The van der Waals surface area contributed by atoms with Gasteiger partial charge < -0.3 is 0 Å². The minimum atomic E-state index is -0.415. The van der Waals surface area contributed by atoms with E-state index < -0.39 is 5.41 Å². The number of hydrogen-bond donors (Lipinski definition) is 0. The van der Waals surface area contributed by atoms with Gasteiger partial charge >= 0.3 is 0 Å². The second-order valence-corrected chi connectivity index (χ2v) is 5.24. The molecule has 0 aromatic carbocycles. The van der Waals surface area contributed by atoms with Crippen LogP contribution in [0.1, 0.15) is 38.8 Å². The molecule has 2 heterocycles. The van der Waals surface area contributed by atoms with Gasteiger partial charge in [-0.05, 0) is 11.6 Å². The van der Waals surface area contributed by atoms with Crippen LogP contribution >= 0.6 is 0 Å². The average Bonchev–Trinajstić information content (AvgIpc) is 2.76. The van der Waals surface area contributed by atoms with Gasteiger partial charge in [0.25, 0.3) is 0 Å². The second-order valence-electron chi connectivity index (χ2n) is 5.24. The molecule has 1 aromatic heterocycles. The van der Waals surface area contributed by atoms with E-state index in [1.165, 1.54) is 0 Å². The van der Waals surface area contributed by atoms with Gasteiger partial charge in [-0.25, -0.2) is 5.01 Å². The van der Waals surface area contributed by atoms with Crippen LogP contribution in [0.4, 0.5) is 0 Å². The first-order chi connectivity index (χ1) is 8.00. The van der Waals surface area contributed by atoms with E-state index in [9.17, 15) is 4.79 Å². The maximum Gasteiger partial charge on any atom is 0.248 e. The summed E-state index contributed by atoms with van der Waals surface area (Å²) < 4.78 is 0. The van der Waals surface area contributed by atoms with Crippen LogP contribution in [0.25, 0.3) is 0 Å². The molecule has 1 aliphatic heterocycles. The van der Waals surface area contributed by atoms with Crippen LogP contribution in [0.3, 0.4) is 0 Å². The third-order valence-electron chi connectivity index (χ3n) is 2.75. The molecule has 4 nitrogen and oxygen atoms in total. The summed E-state index contributed by atoms with van der Waals surface area (Å²) in [6, 6.07) is 3.86. The number of carbonyl (C=O) groups excluding carboxylic acids is 1. The molecule has 1 aromatic rings. The highest BCUT2D eigenvalue weighted by Crippen LogP contribution is 2.31. The molecule has 1 amide bonds. The Morgan fingerprint density at radius 2 is 2.24 bits per heavy atom. The normalized spacial score (nSPS) is 19.7. The van der Waals surface area contributed by atoms with Crippen molar-refractivity contribution in [2.45, 2.75) is 33.2 Å². The molecule has 17 heavy (non-hydrogen) atoms. The van der Waals surface area contributed by atoms with E-state index in [0.29, 0.717) is 0 Å². The molecule has 0 aliphatic carbocycles. The predicted octanol–water partition coefficient (Wildman–Crippen LogP) is 2.39. The number of amides is 1. The maximum atomic E-state index is 12.2. The van der Waals surface area contributed by atoms with Crippen molar-refractivity contribution in [3.8, 4) is 0 Å². The van der Waals surface area contributed by atoms with Gasteiger partial charge in [-0.2, -0.15) is 5.10 Å². The lowest BCUT2D eigenvalue weighted by Crippen LogP contribution is -2.36. The molecular formula is C13H17N3O. The van der Waals surface area contributed by atoms with E-state index in [4.69, 9.17) is 0 Å². The highest BCUT2D eigenvalue weighted by atomic mass is 16.2. The molecular weight excluding hydrogens is 214 g/mol. The molecule has 0 fully saturated rings. The zero-order valence-corrected chi connectivity index (χ0v) is 10.4. The highest BCUT2D eigenvalue weighted by Gasteiger charge is 2.34. The molecule has 0 radical (unpaired) electrons. The van der Waals surface area contributed by atoms with Crippen molar-refractivity contribution in [2.24, 2.45) is 10.5 Å². The van der Waals surface area contributed by atoms with Gasteiger partial charge in [0.15, 0.2) is 0 Å². The van der Waals surface area contributed by atoms with E-state index in [0.717, 1.165) is 12.0 Å². The zero-order valence-electron chi connectivity index (χ0n) is 10.4. The lowest BCUT2D eigenvalue weighted by molar-refractivity contribution is -0.141. The van der Waals surface area contributed by atoms with Gasteiger partial charge in [0.2, 0.25) is 5.91 Å². The van der Waals surface area contributed by atoms with E-state index in [2.05, 4.69) is 10.1 Å². The Bertz CT molecular complexity index is 434. The number of aromatic nitrogens is 1. The van der Waals surface area contributed by atoms with Gasteiger partial charge in [-0.15, -0.1) is 0 Å². The van der Waals surface area contributed by atoms with Crippen molar-refractivity contribution < 1.29 is 4.79 Å². The highest BCUT2D eigenvalue weighted by molar-refractivity contribution is 5.84. The van der Waals surface area contributed by atoms with Crippen molar-refractivity contribution in [3.05, 3.63) is 30.1 Å². The van der Waals surface area contributed by atoms with Crippen LogP contribution in [0, 0.1) is 5.41 Å². The fraction of sp³-hybridized carbons (Fsp3) is 0.462. The number of hydrogen-bond acceptors (Lipinski definition) is 3. The van der Waals surface area contributed by atoms with Gasteiger partial charge in [-0.3, -0.25) is 9.78 Å². The molecule has 0 bridgehead atoms. The van der Waals surface area contributed by atoms with E-state index in [-0.39, 0.29) is 11.9 Å². The molecule has 1 atom stereocenters. The third kappa shape index (κ3) is 2.35. The molecule has 0 saturated carbocycles. The van der Waals surface area contributed by atoms with Crippen molar-refractivity contribution >= 4 is 12.1 Å². The first-order valence-corrected chi connectivity index (χ1v) is 5.76. The number of nitrogens with zero attached hydrogens (tertiary/aromatic N) is 3. The van der Waals surface area contributed by atoms with Crippen LogP contribution in [0.2, 0.25) is 0 Å². The monoisotopic (exact) mass is 231 g/mol. The average molecular weight is 231 g/mol. The van der Waals surface area contributed by atoms with E-state index in [1.54, 1.807) is 23.6 Å². The minimum absolute atomic E-state index is 0.00424. The molecule has 1 aliphatic rings. The fourth-order valence-corrected chi connectivity index (χ4v) is 1.80. The van der Waals surface area contributed by atoms with Crippen LogP contribution < -0.4 is 0 Å². The molecule has 4 heteroatoms. The lowest BCUT2D eigenvalue weighted by Gasteiger charge is -2.28. The number of carbonyl (C=O) groups is 1. The first kappa shape index (κ1) is 11.8. The van der Waals surface area contributed by atoms with Gasteiger partial charge in [0.05, 0.1) is 6.04 Å². The lowest BCUT2D eigenvalue weighted by atomic mass is 9.94. The molecule has 0 N–H and O–H groups in total. The van der Waals surface area contributed by atoms with Crippen molar-refractivity contribution in [2.75, 3.05) is 0 Å². The Balaban J connectivity index is 2.24. The Labute approximate surface area is 101 Å². The molecule has 0 spiro atoms. The summed E-state index contributed by atoms with van der Waals surface area (Å²) in [5.74, 6) is 0.0418. The van der Waals surface area contributed by atoms with Crippen LogP contribution in [-0.2, 0) is 4.79 Å². The first-order valence-electron chi connectivity index (χ1n) is 5.76. The summed E-state index contributed by atoms with van der Waals surface area (Å²) in [6.07, 6.45) is 6.08. The van der Waals surface area contributed by atoms with Crippen LogP contribution in [0.5, 0.6) is 0 Å².